The predicted octanol–water partition coefficient (Wildman–Crippen LogP) is 5.39. The van der Waals surface area contributed by atoms with E-state index in [0.29, 0.717) is 6.54 Å². The second kappa shape index (κ2) is 6.78. The van der Waals surface area contributed by atoms with Gasteiger partial charge >= 0.3 is 6.09 Å². The number of carbonyl (C=O) groups excluding carboxylic acids is 1. The molecule has 0 bridgehead atoms. The van der Waals surface area contributed by atoms with Gasteiger partial charge in [-0.05, 0) is 55.6 Å². The minimum Gasteiger partial charge on any atom is -0.441 e. The van der Waals surface area contributed by atoms with Crippen LogP contribution in [-0.4, -0.2) is 23.1 Å². The van der Waals surface area contributed by atoms with Gasteiger partial charge in [-0.1, -0.05) is 49.9 Å². The lowest BCUT2D eigenvalue weighted by Gasteiger charge is -2.30. The van der Waals surface area contributed by atoms with E-state index in [1.54, 1.807) is 0 Å². The Kier molecular flexibility index (Phi) is 4.51. The first-order valence-corrected chi connectivity index (χ1v) is 9.81. The molecular formula is C21H29NO2. The Morgan fingerprint density at radius 2 is 1.62 bits per heavy atom. The van der Waals surface area contributed by atoms with Crippen molar-refractivity contribution < 1.29 is 9.53 Å². The first-order chi connectivity index (χ1) is 11.7. The lowest BCUT2D eigenvalue weighted by atomic mass is 9.84. The molecule has 0 N–H and O–H groups in total. The highest BCUT2D eigenvalue weighted by Gasteiger charge is 2.45. The van der Waals surface area contributed by atoms with Gasteiger partial charge < -0.3 is 4.74 Å². The van der Waals surface area contributed by atoms with Gasteiger partial charge in [0.2, 0.25) is 0 Å². The van der Waals surface area contributed by atoms with Crippen LogP contribution >= 0.6 is 0 Å². The summed E-state index contributed by atoms with van der Waals surface area (Å²) < 4.78 is 5.78. The molecule has 1 aromatic carbocycles. The molecule has 1 aromatic rings. The molecule has 1 spiro atoms. The first kappa shape index (κ1) is 16.0. The summed E-state index contributed by atoms with van der Waals surface area (Å²) >= 11 is 0. The molecule has 3 nitrogen and oxygen atoms in total. The lowest BCUT2D eigenvalue weighted by molar-refractivity contribution is 0.0260. The van der Waals surface area contributed by atoms with Crippen LogP contribution in [0.15, 0.2) is 24.3 Å². The van der Waals surface area contributed by atoms with Crippen LogP contribution in [0, 0.1) is 0 Å². The van der Waals surface area contributed by atoms with Crippen LogP contribution in [0.25, 0.3) is 0 Å². The molecule has 24 heavy (non-hydrogen) atoms. The van der Waals surface area contributed by atoms with Crippen LogP contribution in [0.1, 0.15) is 81.3 Å². The smallest absolute Gasteiger partial charge is 0.410 e. The third-order valence-electron chi connectivity index (χ3n) is 6.24. The Labute approximate surface area is 145 Å². The second-order valence-corrected chi connectivity index (χ2v) is 8.04. The van der Waals surface area contributed by atoms with E-state index in [1.165, 1.54) is 62.5 Å². The fraction of sp³-hybridized carbons (Fsp3) is 0.667. The Morgan fingerprint density at radius 1 is 0.958 bits per heavy atom. The Balaban J connectivity index is 1.39. The molecule has 1 amide bonds. The molecule has 2 aliphatic carbocycles. The normalized spacial score (nSPS) is 24.3. The number of amides is 1. The van der Waals surface area contributed by atoms with Gasteiger partial charge in [-0.15, -0.1) is 0 Å². The number of hydrogen-bond donors (Lipinski definition) is 0. The highest BCUT2D eigenvalue weighted by atomic mass is 16.6. The largest absolute Gasteiger partial charge is 0.441 e. The Morgan fingerprint density at radius 3 is 2.33 bits per heavy atom. The molecule has 0 aromatic heterocycles. The summed E-state index contributed by atoms with van der Waals surface area (Å²) in [6.45, 7) is 1.46. The van der Waals surface area contributed by atoms with Gasteiger partial charge in [0.25, 0.3) is 0 Å². The van der Waals surface area contributed by atoms with Gasteiger partial charge in [-0.3, -0.25) is 4.90 Å². The van der Waals surface area contributed by atoms with Crippen molar-refractivity contribution in [3.05, 3.63) is 35.4 Å². The van der Waals surface area contributed by atoms with Gasteiger partial charge in [-0.25, -0.2) is 4.79 Å². The zero-order valence-corrected chi connectivity index (χ0v) is 14.6. The molecule has 130 valence electrons. The maximum atomic E-state index is 12.3. The topological polar surface area (TPSA) is 29.5 Å². The van der Waals surface area contributed by atoms with E-state index in [2.05, 4.69) is 24.3 Å². The molecule has 4 rings (SSSR count). The highest BCUT2D eigenvalue weighted by molar-refractivity contribution is 5.70. The molecule has 3 heteroatoms. The first-order valence-electron chi connectivity index (χ1n) is 9.81. The summed E-state index contributed by atoms with van der Waals surface area (Å²) in [6.07, 6.45) is 12.4. The van der Waals surface area contributed by atoms with Crippen molar-refractivity contribution in [1.82, 2.24) is 4.90 Å². The summed E-state index contributed by atoms with van der Waals surface area (Å²) in [7, 11) is 0. The number of hydrogen-bond acceptors (Lipinski definition) is 2. The summed E-state index contributed by atoms with van der Waals surface area (Å²) in [4.78, 5) is 14.2. The maximum Gasteiger partial charge on any atom is 0.410 e. The second-order valence-electron chi connectivity index (χ2n) is 8.04. The summed E-state index contributed by atoms with van der Waals surface area (Å²) in [6, 6.07) is 8.98. The van der Waals surface area contributed by atoms with Crippen molar-refractivity contribution >= 4 is 6.09 Å². The minimum absolute atomic E-state index is 0.117. The number of nitrogens with zero attached hydrogens (tertiary/aromatic N) is 1. The van der Waals surface area contributed by atoms with Gasteiger partial charge in [0.05, 0.1) is 6.54 Å². The molecule has 0 radical (unpaired) electrons. The summed E-state index contributed by atoms with van der Waals surface area (Å²) in [5, 5.41) is 0. The van der Waals surface area contributed by atoms with Gasteiger partial charge in [0, 0.05) is 6.54 Å². The molecular weight excluding hydrogens is 298 g/mol. The van der Waals surface area contributed by atoms with Crippen LogP contribution < -0.4 is 0 Å². The molecule has 1 saturated heterocycles. The number of benzene rings is 1. The monoisotopic (exact) mass is 327 g/mol. The van der Waals surface area contributed by atoms with Crippen molar-refractivity contribution in [2.24, 2.45) is 0 Å². The minimum atomic E-state index is -0.183. The van der Waals surface area contributed by atoms with Gasteiger partial charge in [-0.2, -0.15) is 0 Å². The van der Waals surface area contributed by atoms with E-state index in [9.17, 15) is 4.79 Å². The predicted molar refractivity (Wildman–Crippen MR) is 95.0 cm³/mol. The molecule has 3 fully saturated rings. The van der Waals surface area contributed by atoms with Gasteiger partial charge in [0.15, 0.2) is 0 Å². The molecule has 3 aliphatic rings. The average molecular weight is 327 g/mol. The number of carbonyl (C=O) groups is 1. The Bertz CT molecular complexity index is 568. The molecule has 1 aliphatic heterocycles. The number of ether oxygens (including phenoxy) is 1. The Hall–Kier alpha value is -1.51. The van der Waals surface area contributed by atoms with E-state index >= 15 is 0 Å². The van der Waals surface area contributed by atoms with Crippen LogP contribution in [0.4, 0.5) is 4.79 Å². The van der Waals surface area contributed by atoms with Crippen molar-refractivity contribution in [1.29, 1.82) is 0 Å². The standard InChI is InChI=1S/C21H29NO2/c23-20-22(16-21(24-20)13-5-2-6-14-21)15-17-9-11-19(12-10-17)18-7-3-1-4-8-18/h9-12,18H,1-8,13-16H2. The third-order valence-corrected chi connectivity index (χ3v) is 6.24. The fourth-order valence-electron chi connectivity index (χ4n) is 4.82. The maximum absolute atomic E-state index is 12.3. The summed E-state index contributed by atoms with van der Waals surface area (Å²) in [5.41, 5.74) is 2.52. The molecule has 0 atom stereocenters. The lowest BCUT2D eigenvalue weighted by Crippen LogP contribution is -2.36. The number of rotatable bonds is 3. The van der Waals surface area contributed by atoms with Crippen molar-refractivity contribution in [3.8, 4) is 0 Å². The molecule has 2 saturated carbocycles. The average Bonchev–Trinajstić information content (AvgIpc) is 2.91. The van der Waals surface area contributed by atoms with E-state index in [1.807, 2.05) is 4.90 Å². The van der Waals surface area contributed by atoms with E-state index in [0.717, 1.165) is 25.3 Å². The van der Waals surface area contributed by atoms with Crippen LogP contribution in [0.2, 0.25) is 0 Å². The van der Waals surface area contributed by atoms with E-state index < -0.39 is 0 Å². The van der Waals surface area contributed by atoms with Crippen LogP contribution in [-0.2, 0) is 11.3 Å². The molecule has 0 unspecified atom stereocenters. The van der Waals surface area contributed by atoms with E-state index in [-0.39, 0.29) is 11.7 Å². The van der Waals surface area contributed by atoms with E-state index in [4.69, 9.17) is 4.74 Å². The van der Waals surface area contributed by atoms with Crippen LogP contribution in [0.3, 0.4) is 0 Å². The quantitative estimate of drug-likeness (QED) is 0.745. The SMILES string of the molecule is O=C1OC2(CCCCC2)CN1Cc1ccc(C2CCCCC2)cc1. The van der Waals surface area contributed by atoms with Crippen molar-refractivity contribution in [3.63, 3.8) is 0 Å². The third kappa shape index (κ3) is 3.31. The summed E-state index contributed by atoms with van der Waals surface area (Å²) in [5.74, 6) is 0.745. The zero-order valence-electron chi connectivity index (χ0n) is 14.6. The zero-order chi connectivity index (χ0) is 16.4. The van der Waals surface area contributed by atoms with Gasteiger partial charge in [0.1, 0.15) is 5.60 Å². The van der Waals surface area contributed by atoms with Crippen molar-refractivity contribution in [2.45, 2.75) is 82.3 Å². The fourth-order valence-corrected chi connectivity index (χ4v) is 4.82. The van der Waals surface area contributed by atoms with Crippen molar-refractivity contribution in [2.75, 3.05) is 6.54 Å². The molecule has 1 heterocycles. The van der Waals surface area contributed by atoms with Crippen LogP contribution in [0.5, 0.6) is 0 Å². The highest BCUT2D eigenvalue weighted by Crippen LogP contribution is 2.37.